The zero-order chi connectivity index (χ0) is 10.3. The molecule has 0 radical (unpaired) electrons. The summed E-state index contributed by atoms with van der Waals surface area (Å²) >= 11 is 0. The highest BCUT2D eigenvalue weighted by Gasteiger charge is 2.17. The van der Waals surface area contributed by atoms with E-state index in [1.165, 1.54) is 0 Å². The van der Waals surface area contributed by atoms with Crippen molar-refractivity contribution in [3.05, 3.63) is 41.6 Å². The average Bonchev–Trinajstić information content (AvgIpc) is 2.26. The Labute approximate surface area is 86.7 Å². The third kappa shape index (κ3) is 1.30. The lowest BCUT2D eigenvalue weighted by molar-refractivity contribution is 0.440. The minimum absolute atomic E-state index is 0.244. The summed E-state index contributed by atoms with van der Waals surface area (Å²) in [6, 6.07) is 7.89. The number of hydrogen-bond acceptors (Lipinski definition) is 4. The maximum absolute atomic E-state index is 5.63. The first-order valence-electron chi connectivity index (χ1n) is 4.70. The molecule has 4 nitrogen and oxygen atoms in total. The minimum atomic E-state index is 0.244. The van der Waals surface area contributed by atoms with E-state index in [4.69, 9.17) is 10.5 Å². The van der Waals surface area contributed by atoms with Crippen molar-refractivity contribution < 1.29 is 4.74 Å². The Morgan fingerprint density at radius 3 is 3.00 bits per heavy atom. The molecule has 1 aliphatic rings. The lowest BCUT2D eigenvalue weighted by Crippen LogP contribution is -2.07. The third-order valence-electron chi connectivity index (χ3n) is 2.40. The van der Waals surface area contributed by atoms with Gasteiger partial charge >= 0.3 is 0 Å². The van der Waals surface area contributed by atoms with E-state index < -0.39 is 0 Å². The molecule has 0 aliphatic carbocycles. The molecule has 1 aromatic carbocycles. The topological polar surface area (TPSA) is 61.0 Å². The maximum atomic E-state index is 5.63. The van der Waals surface area contributed by atoms with Gasteiger partial charge in [0.05, 0.1) is 0 Å². The van der Waals surface area contributed by atoms with Crippen LogP contribution in [0.2, 0.25) is 0 Å². The molecule has 1 aromatic heterocycles. The van der Waals surface area contributed by atoms with Crippen LogP contribution in [-0.2, 0) is 6.42 Å². The van der Waals surface area contributed by atoms with E-state index in [0.717, 1.165) is 23.3 Å². The molecule has 0 amide bonds. The smallest absolute Gasteiger partial charge is 0.227 e. The Morgan fingerprint density at radius 2 is 2.07 bits per heavy atom. The first-order chi connectivity index (χ1) is 7.33. The minimum Gasteiger partial charge on any atom is -0.438 e. The van der Waals surface area contributed by atoms with Crippen molar-refractivity contribution in [3.8, 4) is 11.6 Å². The molecule has 1 aliphatic heterocycles. The molecule has 0 unspecified atom stereocenters. The molecular formula is C11H9N3O. The molecule has 2 N–H and O–H groups in total. The Morgan fingerprint density at radius 1 is 1.20 bits per heavy atom. The zero-order valence-electron chi connectivity index (χ0n) is 7.97. The predicted molar refractivity (Wildman–Crippen MR) is 55.8 cm³/mol. The number of fused-ring (bicyclic) bond motifs is 2. The van der Waals surface area contributed by atoms with Crippen molar-refractivity contribution in [1.29, 1.82) is 0 Å². The Balaban J connectivity index is 2.11. The molecular weight excluding hydrogens is 190 g/mol. The normalized spacial score (nSPS) is 12.5. The van der Waals surface area contributed by atoms with Crippen LogP contribution >= 0.6 is 0 Å². The van der Waals surface area contributed by atoms with E-state index in [1.807, 2.05) is 24.3 Å². The summed E-state index contributed by atoms with van der Waals surface area (Å²) in [5.41, 5.74) is 7.63. The van der Waals surface area contributed by atoms with Gasteiger partial charge in [-0.25, -0.2) is 4.98 Å². The fraction of sp³-hybridized carbons (Fsp3) is 0.0909. The van der Waals surface area contributed by atoms with E-state index in [9.17, 15) is 0 Å². The second kappa shape index (κ2) is 2.95. The molecule has 0 spiro atoms. The molecule has 2 heterocycles. The van der Waals surface area contributed by atoms with Gasteiger partial charge in [-0.15, -0.1) is 0 Å². The first-order valence-corrected chi connectivity index (χ1v) is 4.70. The van der Waals surface area contributed by atoms with Gasteiger partial charge in [-0.3, -0.25) is 0 Å². The van der Waals surface area contributed by atoms with Gasteiger partial charge < -0.3 is 10.5 Å². The summed E-state index contributed by atoms with van der Waals surface area (Å²) in [6.07, 6.45) is 2.51. The van der Waals surface area contributed by atoms with Crippen LogP contribution < -0.4 is 10.5 Å². The van der Waals surface area contributed by atoms with Crippen LogP contribution in [0, 0.1) is 0 Å². The van der Waals surface area contributed by atoms with Gasteiger partial charge in [0.25, 0.3) is 0 Å². The van der Waals surface area contributed by atoms with Crippen LogP contribution in [0.15, 0.2) is 30.5 Å². The number of hydrogen-bond donors (Lipinski definition) is 1. The monoisotopic (exact) mass is 199 g/mol. The zero-order valence-corrected chi connectivity index (χ0v) is 7.97. The Kier molecular flexibility index (Phi) is 1.62. The standard InChI is InChI=1S/C11H9N3O/c12-11-13-6-8-5-7-3-1-2-4-9(7)15-10(8)14-11/h1-4,6H,5H2,(H2,12,13,14). The summed E-state index contributed by atoms with van der Waals surface area (Å²) in [7, 11) is 0. The number of benzene rings is 1. The molecule has 0 saturated heterocycles. The van der Waals surface area contributed by atoms with Crippen molar-refractivity contribution in [2.24, 2.45) is 0 Å². The van der Waals surface area contributed by atoms with Gasteiger partial charge in [0.2, 0.25) is 11.8 Å². The van der Waals surface area contributed by atoms with E-state index in [2.05, 4.69) is 9.97 Å². The van der Waals surface area contributed by atoms with Gasteiger partial charge in [-0.05, 0) is 11.6 Å². The van der Waals surface area contributed by atoms with Gasteiger partial charge in [0.1, 0.15) is 5.75 Å². The molecule has 74 valence electrons. The van der Waals surface area contributed by atoms with E-state index in [1.54, 1.807) is 6.20 Å². The second-order valence-corrected chi connectivity index (χ2v) is 3.45. The number of aromatic nitrogens is 2. The summed E-state index contributed by atoms with van der Waals surface area (Å²) < 4.78 is 5.63. The van der Waals surface area contributed by atoms with E-state index in [0.29, 0.717) is 5.88 Å². The molecule has 3 rings (SSSR count). The number of nitrogens with zero attached hydrogens (tertiary/aromatic N) is 2. The summed E-state index contributed by atoms with van der Waals surface area (Å²) in [5, 5.41) is 0. The number of rotatable bonds is 0. The van der Waals surface area contributed by atoms with Crippen LogP contribution in [-0.4, -0.2) is 9.97 Å². The fourth-order valence-corrected chi connectivity index (χ4v) is 1.67. The lowest BCUT2D eigenvalue weighted by Gasteiger charge is -2.18. The van der Waals surface area contributed by atoms with Crippen molar-refractivity contribution in [2.75, 3.05) is 5.73 Å². The molecule has 15 heavy (non-hydrogen) atoms. The Hall–Kier alpha value is -2.10. The summed E-state index contributed by atoms with van der Waals surface area (Å²) in [6.45, 7) is 0. The highest BCUT2D eigenvalue weighted by Crippen LogP contribution is 2.34. The van der Waals surface area contributed by atoms with Crippen LogP contribution in [0.5, 0.6) is 11.6 Å². The van der Waals surface area contributed by atoms with Crippen LogP contribution in [0.4, 0.5) is 5.95 Å². The number of nitrogens with two attached hydrogens (primary N) is 1. The average molecular weight is 199 g/mol. The van der Waals surface area contributed by atoms with Crippen molar-refractivity contribution >= 4 is 5.95 Å². The quantitative estimate of drug-likeness (QED) is 0.599. The second-order valence-electron chi connectivity index (χ2n) is 3.45. The Bertz CT molecular complexity index is 525. The maximum Gasteiger partial charge on any atom is 0.227 e. The number of para-hydroxylation sites is 1. The molecule has 0 saturated carbocycles. The highest BCUT2D eigenvalue weighted by molar-refractivity contribution is 5.47. The van der Waals surface area contributed by atoms with Crippen molar-refractivity contribution in [3.63, 3.8) is 0 Å². The SMILES string of the molecule is Nc1ncc2c(n1)Oc1ccccc1C2. The van der Waals surface area contributed by atoms with Crippen LogP contribution in [0.1, 0.15) is 11.1 Å². The number of ether oxygens (including phenoxy) is 1. The highest BCUT2D eigenvalue weighted by atomic mass is 16.5. The van der Waals surface area contributed by atoms with E-state index >= 15 is 0 Å². The largest absolute Gasteiger partial charge is 0.438 e. The van der Waals surface area contributed by atoms with Gasteiger partial charge in [0, 0.05) is 18.2 Å². The summed E-state index contributed by atoms with van der Waals surface area (Å²) in [4.78, 5) is 8.01. The van der Waals surface area contributed by atoms with E-state index in [-0.39, 0.29) is 5.95 Å². The predicted octanol–water partition coefficient (Wildman–Crippen LogP) is 1.76. The van der Waals surface area contributed by atoms with Crippen molar-refractivity contribution in [2.45, 2.75) is 6.42 Å². The van der Waals surface area contributed by atoms with Gasteiger partial charge in [-0.2, -0.15) is 4.98 Å². The van der Waals surface area contributed by atoms with Gasteiger partial charge in [-0.1, -0.05) is 18.2 Å². The van der Waals surface area contributed by atoms with Gasteiger partial charge in [0.15, 0.2) is 0 Å². The number of nitrogen functional groups attached to an aromatic ring is 1. The van der Waals surface area contributed by atoms with Crippen LogP contribution in [0.25, 0.3) is 0 Å². The lowest BCUT2D eigenvalue weighted by atomic mass is 10.0. The molecule has 4 heteroatoms. The number of anilines is 1. The fourth-order valence-electron chi connectivity index (χ4n) is 1.67. The molecule has 0 bridgehead atoms. The molecule has 2 aromatic rings. The van der Waals surface area contributed by atoms with Crippen LogP contribution in [0.3, 0.4) is 0 Å². The third-order valence-corrected chi connectivity index (χ3v) is 2.40. The molecule has 0 atom stereocenters. The van der Waals surface area contributed by atoms with Crippen molar-refractivity contribution in [1.82, 2.24) is 9.97 Å². The first kappa shape index (κ1) is 8.23. The molecule has 0 fully saturated rings. The summed E-state index contributed by atoms with van der Waals surface area (Å²) in [5.74, 6) is 1.66.